The van der Waals surface area contributed by atoms with Gasteiger partial charge in [0.2, 0.25) is 5.91 Å². The summed E-state index contributed by atoms with van der Waals surface area (Å²) in [6.45, 7) is 1.95. The Morgan fingerprint density at radius 1 is 1.29 bits per heavy atom. The van der Waals surface area contributed by atoms with Crippen molar-refractivity contribution in [2.75, 3.05) is 0 Å². The number of imide groups is 1. The second-order valence-corrected chi connectivity index (χ2v) is 4.37. The average molecular weight is 232 g/mol. The van der Waals surface area contributed by atoms with Crippen LogP contribution in [0, 0.1) is 0 Å². The predicted molar refractivity (Wildman–Crippen MR) is 63.7 cm³/mol. The molecule has 0 spiro atoms. The van der Waals surface area contributed by atoms with E-state index >= 15 is 0 Å². The zero-order chi connectivity index (χ0) is 12.5. The van der Waals surface area contributed by atoms with Gasteiger partial charge in [0.05, 0.1) is 5.41 Å². The van der Waals surface area contributed by atoms with E-state index in [9.17, 15) is 9.59 Å². The van der Waals surface area contributed by atoms with E-state index in [4.69, 9.17) is 5.84 Å². The summed E-state index contributed by atoms with van der Waals surface area (Å²) < 4.78 is 0. The molecule has 4 nitrogen and oxygen atoms in total. The van der Waals surface area contributed by atoms with E-state index in [1.807, 2.05) is 37.3 Å². The Morgan fingerprint density at radius 2 is 1.94 bits per heavy atom. The van der Waals surface area contributed by atoms with Gasteiger partial charge in [0, 0.05) is 6.42 Å². The van der Waals surface area contributed by atoms with E-state index in [1.54, 1.807) is 0 Å². The minimum absolute atomic E-state index is 0.289. The van der Waals surface area contributed by atoms with Crippen LogP contribution in [0.1, 0.15) is 31.7 Å². The topological polar surface area (TPSA) is 63.4 Å². The number of amides is 2. The number of rotatable bonds is 2. The average Bonchev–Trinajstić information content (AvgIpc) is 2.38. The smallest absolute Gasteiger partial charge is 0.254 e. The van der Waals surface area contributed by atoms with Gasteiger partial charge >= 0.3 is 0 Å². The van der Waals surface area contributed by atoms with Crippen LogP contribution in [-0.4, -0.2) is 16.8 Å². The minimum atomic E-state index is -0.635. The number of hydrogen-bond donors (Lipinski definition) is 1. The van der Waals surface area contributed by atoms with Gasteiger partial charge in [-0.25, -0.2) is 10.9 Å². The first-order chi connectivity index (χ1) is 8.12. The molecular formula is C13H16N2O2. The van der Waals surface area contributed by atoms with Crippen molar-refractivity contribution >= 4 is 11.8 Å². The van der Waals surface area contributed by atoms with Crippen molar-refractivity contribution in [3.05, 3.63) is 35.9 Å². The molecule has 4 heteroatoms. The third kappa shape index (κ3) is 1.74. The van der Waals surface area contributed by atoms with E-state index < -0.39 is 5.41 Å². The molecular weight excluding hydrogens is 216 g/mol. The number of nitrogens with zero attached hydrogens (tertiary/aromatic N) is 1. The van der Waals surface area contributed by atoms with Gasteiger partial charge in [0.15, 0.2) is 0 Å². The zero-order valence-corrected chi connectivity index (χ0v) is 9.85. The molecule has 1 aromatic carbocycles. The molecule has 17 heavy (non-hydrogen) atoms. The Kier molecular flexibility index (Phi) is 2.98. The van der Waals surface area contributed by atoms with Crippen LogP contribution in [0.3, 0.4) is 0 Å². The molecule has 1 aliphatic heterocycles. The van der Waals surface area contributed by atoms with Crippen molar-refractivity contribution in [1.82, 2.24) is 5.01 Å². The lowest BCUT2D eigenvalue weighted by Crippen LogP contribution is -2.56. The van der Waals surface area contributed by atoms with Crippen LogP contribution in [0.2, 0.25) is 0 Å². The molecule has 90 valence electrons. The van der Waals surface area contributed by atoms with E-state index in [2.05, 4.69) is 0 Å². The molecule has 1 saturated heterocycles. The molecule has 2 rings (SSSR count). The van der Waals surface area contributed by atoms with Crippen LogP contribution < -0.4 is 5.84 Å². The maximum Gasteiger partial charge on any atom is 0.254 e. The first kappa shape index (κ1) is 11.8. The number of piperidine rings is 1. The molecule has 0 unspecified atom stereocenters. The minimum Gasteiger partial charge on any atom is -0.273 e. The molecule has 0 aromatic heterocycles. The zero-order valence-electron chi connectivity index (χ0n) is 9.85. The third-order valence-electron chi connectivity index (χ3n) is 3.59. The molecule has 0 bridgehead atoms. The Morgan fingerprint density at radius 3 is 2.53 bits per heavy atom. The van der Waals surface area contributed by atoms with Crippen LogP contribution in [0.15, 0.2) is 30.3 Å². The summed E-state index contributed by atoms with van der Waals surface area (Å²) >= 11 is 0. The Hall–Kier alpha value is -1.68. The number of hydrazine groups is 1. The van der Waals surface area contributed by atoms with Crippen molar-refractivity contribution in [3.8, 4) is 0 Å². The van der Waals surface area contributed by atoms with Crippen LogP contribution in [0.25, 0.3) is 0 Å². The standard InChI is InChI=1S/C13H16N2O2/c1-2-13(10-6-4-3-5-7-10)9-8-11(16)15(14)12(13)17/h3-7H,2,8-9,14H2,1H3/t13-/m0/s1. The van der Waals surface area contributed by atoms with E-state index in [-0.39, 0.29) is 11.8 Å². The monoisotopic (exact) mass is 232 g/mol. The molecule has 0 saturated carbocycles. The van der Waals surface area contributed by atoms with Crippen molar-refractivity contribution in [2.24, 2.45) is 5.84 Å². The maximum atomic E-state index is 12.3. The number of hydrogen-bond acceptors (Lipinski definition) is 3. The Labute approximate surface area is 100 Å². The number of carbonyl (C=O) groups excluding carboxylic acids is 2. The summed E-state index contributed by atoms with van der Waals surface area (Å²) in [7, 11) is 0. The molecule has 0 radical (unpaired) electrons. The highest BCUT2D eigenvalue weighted by molar-refractivity contribution is 6.02. The fourth-order valence-electron chi connectivity index (χ4n) is 2.45. The Bertz CT molecular complexity index is 444. The highest BCUT2D eigenvalue weighted by Crippen LogP contribution is 2.37. The highest BCUT2D eigenvalue weighted by atomic mass is 16.2. The normalized spacial score (nSPS) is 25.2. The quantitative estimate of drug-likeness (QED) is 0.475. The third-order valence-corrected chi connectivity index (χ3v) is 3.59. The fraction of sp³-hybridized carbons (Fsp3) is 0.385. The van der Waals surface area contributed by atoms with Gasteiger partial charge in [-0.1, -0.05) is 37.3 Å². The van der Waals surface area contributed by atoms with Crippen LogP contribution in [0.5, 0.6) is 0 Å². The summed E-state index contributed by atoms with van der Waals surface area (Å²) in [5.74, 6) is 4.96. The lowest BCUT2D eigenvalue weighted by atomic mass is 9.71. The van der Waals surface area contributed by atoms with Gasteiger partial charge < -0.3 is 0 Å². The molecule has 1 fully saturated rings. The fourth-order valence-corrected chi connectivity index (χ4v) is 2.45. The lowest BCUT2D eigenvalue weighted by molar-refractivity contribution is -0.154. The van der Waals surface area contributed by atoms with Crippen LogP contribution in [-0.2, 0) is 15.0 Å². The van der Waals surface area contributed by atoms with Crippen LogP contribution >= 0.6 is 0 Å². The predicted octanol–water partition coefficient (Wildman–Crippen LogP) is 1.36. The molecule has 2 N–H and O–H groups in total. The molecule has 2 amide bonds. The summed E-state index contributed by atoms with van der Waals surface area (Å²) in [5, 5.41) is 0.778. The van der Waals surface area contributed by atoms with Crippen molar-refractivity contribution in [1.29, 1.82) is 0 Å². The molecule has 1 aromatic rings. The van der Waals surface area contributed by atoms with Gasteiger partial charge in [-0.2, -0.15) is 0 Å². The van der Waals surface area contributed by atoms with Gasteiger partial charge in [-0.15, -0.1) is 0 Å². The Balaban J connectivity index is 2.45. The van der Waals surface area contributed by atoms with Gasteiger partial charge in [-0.3, -0.25) is 9.59 Å². The number of carbonyl (C=O) groups is 2. The molecule has 0 aliphatic carbocycles. The lowest BCUT2D eigenvalue weighted by Gasteiger charge is -2.38. The maximum absolute atomic E-state index is 12.3. The summed E-state index contributed by atoms with van der Waals surface area (Å²) in [5.41, 5.74) is 0.305. The van der Waals surface area contributed by atoms with E-state index in [0.717, 1.165) is 10.6 Å². The number of nitrogens with two attached hydrogens (primary N) is 1. The first-order valence-corrected chi connectivity index (χ1v) is 5.79. The van der Waals surface area contributed by atoms with Gasteiger partial charge in [0.25, 0.3) is 5.91 Å². The summed E-state index contributed by atoms with van der Waals surface area (Å²) in [6.07, 6.45) is 1.51. The van der Waals surface area contributed by atoms with Crippen molar-refractivity contribution in [3.63, 3.8) is 0 Å². The second-order valence-electron chi connectivity index (χ2n) is 4.37. The largest absolute Gasteiger partial charge is 0.273 e. The highest BCUT2D eigenvalue weighted by Gasteiger charge is 2.46. The van der Waals surface area contributed by atoms with Crippen molar-refractivity contribution < 1.29 is 9.59 Å². The van der Waals surface area contributed by atoms with E-state index in [0.29, 0.717) is 19.3 Å². The molecule has 1 atom stereocenters. The first-order valence-electron chi connectivity index (χ1n) is 5.79. The molecule has 1 aliphatic rings. The number of benzene rings is 1. The van der Waals surface area contributed by atoms with E-state index in [1.165, 1.54) is 0 Å². The molecule has 1 heterocycles. The second kappa shape index (κ2) is 4.30. The summed E-state index contributed by atoms with van der Waals surface area (Å²) in [6, 6.07) is 9.55. The van der Waals surface area contributed by atoms with Crippen molar-refractivity contribution in [2.45, 2.75) is 31.6 Å². The summed E-state index contributed by atoms with van der Waals surface area (Å²) in [4.78, 5) is 23.7. The van der Waals surface area contributed by atoms with Gasteiger partial charge in [0.1, 0.15) is 0 Å². The van der Waals surface area contributed by atoms with Gasteiger partial charge in [-0.05, 0) is 18.4 Å². The van der Waals surface area contributed by atoms with Crippen LogP contribution in [0.4, 0.5) is 0 Å². The SMILES string of the molecule is CC[C@@]1(c2ccccc2)CCC(=O)N(N)C1=O.